The first-order valence-corrected chi connectivity index (χ1v) is 13.6. The lowest BCUT2D eigenvalue weighted by Gasteiger charge is -2.25. The predicted molar refractivity (Wildman–Crippen MR) is 153 cm³/mol. The van der Waals surface area contributed by atoms with E-state index in [4.69, 9.17) is 9.47 Å². The summed E-state index contributed by atoms with van der Waals surface area (Å²) in [6.45, 7) is 9.93. The maximum atomic E-state index is 14.0. The maximum Gasteiger partial charge on any atom is 0.338 e. The molecule has 1 aliphatic heterocycles. The van der Waals surface area contributed by atoms with Gasteiger partial charge in [-0.15, -0.1) is 0 Å². The number of carbonyl (C=O) groups excluding carboxylic acids is 1. The Morgan fingerprint density at radius 2 is 1.79 bits per heavy atom. The second-order valence-electron chi connectivity index (χ2n) is 9.54. The number of carbonyl (C=O) groups is 1. The zero-order chi connectivity index (χ0) is 27.8. The van der Waals surface area contributed by atoms with Crippen molar-refractivity contribution < 1.29 is 14.3 Å². The number of esters is 1. The summed E-state index contributed by atoms with van der Waals surface area (Å²) in [5.74, 6) is 0.0841. The molecule has 3 heterocycles. The molecule has 0 fully saturated rings. The highest BCUT2D eigenvalue weighted by Crippen LogP contribution is 2.35. The number of ether oxygens (including phenoxy) is 2. The van der Waals surface area contributed by atoms with E-state index in [0.29, 0.717) is 31.9 Å². The minimum absolute atomic E-state index is 0.218. The Hall–Kier alpha value is -4.17. The third-order valence-corrected chi connectivity index (χ3v) is 7.98. The Kier molecular flexibility index (Phi) is 7.14. The van der Waals surface area contributed by atoms with Crippen molar-refractivity contribution in [2.45, 2.75) is 40.7 Å². The van der Waals surface area contributed by atoms with Crippen LogP contribution in [0.4, 0.5) is 0 Å². The molecule has 0 N–H and O–H groups in total. The molecule has 0 unspecified atom stereocenters. The number of fused-ring (bicyclic) bond motifs is 1. The fourth-order valence-corrected chi connectivity index (χ4v) is 6.18. The molecule has 5 rings (SSSR count). The van der Waals surface area contributed by atoms with E-state index >= 15 is 0 Å². The highest BCUT2D eigenvalue weighted by Gasteiger charge is 2.35. The first-order valence-electron chi connectivity index (χ1n) is 12.8. The van der Waals surface area contributed by atoms with Gasteiger partial charge in [0.25, 0.3) is 5.56 Å². The Bertz CT molecular complexity index is 1790. The quantitative estimate of drug-likeness (QED) is 0.337. The van der Waals surface area contributed by atoms with Crippen molar-refractivity contribution in [1.82, 2.24) is 9.13 Å². The van der Waals surface area contributed by atoms with Gasteiger partial charge < -0.3 is 14.0 Å². The van der Waals surface area contributed by atoms with Crippen molar-refractivity contribution in [3.05, 3.63) is 114 Å². The lowest BCUT2D eigenvalue weighted by Crippen LogP contribution is -2.40. The number of aromatic nitrogens is 2. The van der Waals surface area contributed by atoms with Crippen LogP contribution < -0.4 is 19.6 Å². The summed E-state index contributed by atoms with van der Waals surface area (Å²) in [5, 5.41) is 0. The van der Waals surface area contributed by atoms with Crippen LogP contribution in [-0.2, 0) is 9.53 Å². The number of para-hydroxylation sites is 1. The number of nitrogens with zero attached hydrogens (tertiary/aromatic N) is 3. The Balaban J connectivity index is 1.71. The fourth-order valence-electron chi connectivity index (χ4n) is 5.14. The van der Waals surface area contributed by atoms with Crippen LogP contribution in [0.1, 0.15) is 48.0 Å². The molecular weight excluding hydrogens is 510 g/mol. The van der Waals surface area contributed by atoms with Crippen molar-refractivity contribution in [2.24, 2.45) is 4.99 Å². The normalized spacial score (nSPS) is 15.2. The van der Waals surface area contributed by atoms with Crippen LogP contribution in [0.25, 0.3) is 11.8 Å². The molecule has 7 nitrogen and oxygen atoms in total. The van der Waals surface area contributed by atoms with Crippen LogP contribution in [0.3, 0.4) is 0 Å². The summed E-state index contributed by atoms with van der Waals surface area (Å²) < 4.78 is 15.3. The standard InChI is InChI=1S/C31H31N3O4S/c1-7-38-30(36)27-20(4)32-31-34(28(27)24-10-8-9-11-25(24)37-6)29(35)26(39-31)17-22-16-19(3)33(21(22)5)23-14-12-18(2)13-15-23/h8-17,28H,7H2,1-6H3/b26-17-/t28-/m1/s1. The highest BCUT2D eigenvalue weighted by atomic mass is 32.1. The summed E-state index contributed by atoms with van der Waals surface area (Å²) in [7, 11) is 1.58. The topological polar surface area (TPSA) is 74.8 Å². The minimum Gasteiger partial charge on any atom is -0.496 e. The predicted octanol–water partition coefficient (Wildman–Crippen LogP) is 4.52. The first kappa shape index (κ1) is 26.4. The largest absolute Gasteiger partial charge is 0.496 e. The van der Waals surface area contributed by atoms with Crippen LogP contribution in [0.15, 0.2) is 75.7 Å². The number of hydrogen-bond donors (Lipinski definition) is 0. The Morgan fingerprint density at radius 1 is 1.08 bits per heavy atom. The van der Waals surface area contributed by atoms with Gasteiger partial charge in [-0.2, -0.15) is 0 Å². The Labute approximate surface area is 231 Å². The van der Waals surface area contributed by atoms with Crippen LogP contribution in [0.2, 0.25) is 0 Å². The molecule has 200 valence electrons. The van der Waals surface area contributed by atoms with E-state index in [0.717, 1.165) is 22.6 Å². The van der Waals surface area contributed by atoms with Gasteiger partial charge in [-0.25, -0.2) is 9.79 Å². The molecule has 0 spiro atoms. The molecule has 0 bridgehead atoms. The number of allylic oxidation sites excluding steroid dienone is 1. The molecule has 8 heteroatoms. The van der Waals surface area contributed by atoms with Gasteiger partial charge in [0.2, 0.25) is 0 Å². The van der Waals surface area contributed by atoms with Crippen molar-refractivity contribution in [3.8, 4) is 11.4 Å². The molecule has 2 aromatic carbocycles. The van der Waals surface area contributed by atoms with E-state index in [-0.39, 0.29) is 12.2 Å². The van der Waals surface area contributed by atoms with Crippen LogP contribution >= 0.6 is 11.3 Å². The molecular formula is C31H31N3O4S. The van der Waals surface area contributed by atoms with Gasteiger partial charge in [-0.1, -0.05) is 47.2 Å². The van der Waals surface area contributed by atoms with Crippen LogP contribution in [0.5, 0.6) is 5.75 Å². The summed E-state index contributed by atoms with van der Waals surface area (Å²) in [6, 6.07) is 17.2. The number of thiazole rings is 1. The van der Waals surface area contributed by atoms with Crippen LogP contribution in [0, 0.1) is 20.8 Å². The molecule has 4 aromatic rings. The van der Waals surface area contributed by atoms with Gasteiger partial charge in [-0.3, -0.25) is 9.36 Å². The smallest absolute Gasteiger partial charge is 0.338 e. The van der Waals surface area contributed by atoms with Gasteiger partial charge in [0.05, 0.1) is 29.5 Å². The summed E-state index contributed by atoms with van der Waals surface area (Å²) in [5.41, 5.74) is 6.66. The summed E-state index contributed by atoms with van der Waals surface area (Å²) >= 11 is 1.31. The number of benzene rings is 2. The molecule has 0 saturated heterocycles. The van der Waals surface area contributed by atoms with Gasteiger partial charge in [0.15, 0.2) is 4.80 Å². The zero-order valence-electron chi connectivity index (χ0n) is 22.9. The van der Waals surface area contributed by atoms with Gasteiger partial charge in [0, 0.05) is 22.6 Å². The molecule has 0 radical (unpaired) electrons. The van der Waals surface area contributed by atoms with E-state index in [2.05, 4.69) is 60.7 Å². The molecule has 0 amide bonds. The fraction of sp³-hybridized carbons (Fsp3) is 0.258. The van der Waals surface area contributed by atoms with E-state index < -0.39 is 12.0 Å². The van der Waals surface area contributed by atoms with E-state index in [1.165, 1.54) is 16.9 Å². The van der Waals surface area contributed by atoms with Crippen molar-refractivity contribution >= 4 is 23.4 Å². The molecule has 2 aromatic heterocycles. The van der Waals surface area contributed by atoms with Gasteiger partial charge in [0.1, 0.15) is 11.8 Å². The third-order valence-electron chi connectivity index (χ3n) is 7.00. The van der Waals surface area contributed by atoms with E-state index in [1.54, 1.807) is 25.5 Å². The molecule has 0 saturated carbocycles. The lowest BCUT2D eigenvalue weighted by atomic mass is 9.95. The number of rotatable bonds is 6. The second-order valence-corrected chi connectivity index (χ2v) is 10.6. The maximum absolute atomic E-state index is 14.0. The van der Waals surface area contributed by atoms with Crippen LogP contribution in [-0.4, -0.2) is 28.8 Å². The average molecular weight is 542 g/mol. The number of methoxy groups -OCH3 is 1. The number of hydrogen-bond acceptors (Lipinski definition) is 6. The van der Waals surface area contributed by atoms with E-state index in [9.17, 15) is 9.59 Å². The van der Waals surface area contributed by atoms with Crippen molar-refractivity contribution in [3.63, 3.8) is 0 Å². The van der Waals surface area contributed by atoms with Gasteiger partial charge in [-0.05, 0) is 70.5 Å². The monoisotopic (exact) mass is 541 g/mol. The van der Waals surface area contributed by atoms with Crippen molar-refractivity contribution in [1.29, 1.82) is 0 Å². The van der Waals surface area contributed by atoms with Gasteiger partial charge >= 0.3 is 5.97 Å². The third kappa shape index (κ3) is 4.65. The van der Waals surface area contributed by atoms with Crippen molar-refractivity contribution in [2.75, 3.05) is 13.7 Å². The zero-order valence-corrected chi connectivity index (χ0v) is 23.8. The molecule has 1 aliphatic rings. The van der Waals surface area contributed by atoms with E-state index in [1.807, 2.05) is 30.3 Å². The number of aryl methyl sites for hydroxylation is 2. The summed E-state index contributed by atoms with van der Waals surface area (Å²) in [6.07, 6.45) is 1.92. The Morgan fingerprint density at radius 3 is 2.49 bits per heavy atom. The second kappa shape index (κ2) is 10.5. The molecule has 39 heavy (non-hydrogen) atoms. The first-order chi connectivity index (χ1) is 18.7. The average Bonchev–Trinajstić information content (AvgIpc) is 3.37. The highest BCUT2D eigenvalue weighted by molar-refractivity contribution is 7.07. The lowest BCUT2D eigenvalue weighted by molar-refractivity contribution is -0.139. The molecule has 1 atom stereocenters. The molecule has 0 aliphatic carbocycles. The minimum atomic E-state index is -0.724. The summed E-state index contributed by atoms with van der Waals surface area (Å²) in [4.78, 5) is 32.4. The SMILES string of the molecule is CCOC(=O)C1=C(C)N=c2s/c(=C\c3cc(C)n(-c4ccc(C)cc4)c3C)c(=O)n2[C@@H]1c1ccccc1OC.